The van der Waals surface area contributed by atoms with Gasteiger partial charge in [0.05, 0.1) is 0 Å². The van der Waals surface area contributed by atoms with Crippen LogP contribution in [0, 0.1) is 27.7 Å². The largest absolute Gasteiger partial charge is 0.326 e. The number of aryl methyl sites for hydroxylation is 4. The van der Waals surface area contributed by atoms with E-state index in [9.17, 15) is 0 Å². The predicted molar refractivity (Wildman–Crippen MR) is 81.6 cm³/mol. The van der Waals surface area contributed by atoms with E-state index in [4.69, 9.17) is 5.73 Å². The topological polar surface area (TPSA) is 38.9 Å². The molecule has 100 valence electrons. The molecule has 3 heteroatoms. The molecule has 2 aromatic rings. The van der Waals surface area contributed by atoms with Crippen LogP contribution >= 0.6 is 11.8 Å². The van der Waals surface area contributed by atoms with Gasteiger partial charge in [0.15, 0.2) is 0 Å². The number of nitrogens with zero attached hydrogens (tertiary/aromatic N) is 1. The van der Waals surface area contributed by atoms with Gasteiger partial charge in [-0.3, -0.25) is 0 Å². The van der Waals surface area contributed by atoms with Gasteiger partial charge in [-0.2, -0.15) is 0 Å². The Kier molecular flexibility index (Phi) is 4.27. The molecule has 2 N–H and O–H groups in total. The molecular formula is C16H20N2S. The Morgan fingerprint density at radius 3 is 2.42 bits per heavy atom. The number of hydrogen-bond donors (Lipinski definition) is 1. The summed E-state index contributed by atoms with van der Waals surface area (Å²) in [7, 11) is 0. The predicted octanol–water partition coefficient (Wildman–Crippen LogP) is 3.93. The van der Waals surface area contributed by atoms with Crippen LogP contribution in [-0.2, 0) is 6.54 Å². The van der Waals surface area contributed by atoms with Gasteiger partial charge in [0.2, 0.25) is 0 Å². The summed E-state index contributed by atoms with van der Waals surface area (Å²) in [5.41, 5.74) is 11.9. The lowest BCUT2D eigenvalue weighted by atomic mass is 10.1. The Hall–Kier alpha value is -1.32. The van der Waals surface area contributed by atoms with Crippen molar-refractivity contribution in [3.63, 3.8) is 0 Å². The van der Waals surface area contributed by atoms with Crippen molar-refractivity contribution in [3.8, 4) is 0 Å². The van der Waals surface area contributed by atoms with Crippen LogP contribution in [0.2, 0.25) is 0 Å². The van der Waals surface area contributed by atoms with E-state index in [-0.39, 0.29) is 0 Å². The number of rotatable bonds is 3. The molecule has 0 aliphatic heterocycles. The first kappa shape index (κ1) is 14.1. The van der Waals surface area contributed by atoms with Gasteiger partial charge in [0.1, 0.15) is 5.03 Å². The van der Waals surface area contributed by atoms with Crippen molar-refractivity contribution in [1.82, 2.24) is 4.98 Å². The third kappa shape index (κ3) is 3.17. The van der Waals surface area contributed by atoms with E-state index < -0.39 is 0 Å². The molecule has 19 heavy (non-hydrogen) atoms. The van der Waals surface area contributed by atoms with Crippen LogP contribution in [-0.4, -0.2) is 4.98 Å². The lowest BCUT2D eigenvalue weighted by Crippen LogP contribution is -2.04. The van der Waals surface area contributed by atoms with Gasteiger partial charge >= 0.3 is 0 Å². The highest BCUT2D eigenvalue weighted by molar-refractivity contribution is 7.99. The fraction of sp³-hybridized carbons (Fsp3) is 0.312. The van der Waals surface area contributed by atoms with Crippen LogP contribution in [0.3, 0.4) is 0 Å². The smallest absolute Gasteiger partial charge is 0.106 e. The molecule has 0 saturated heterocycles. The number of benzene rings is 1. The molecule has 0 saturated carbocycles. The summed E-state index contributed by atoms with van der Waals surface area (Å²) >= 11 is 1.71. The molecule has 0 unspecified atom stereocenters. The van der Waals surface area contributed by atoms with Gasteiger partial charge in [-0.25, -0.2) is 4.98 Å². The number of hydrogen-bond acceptors (Lipinski definition) is 3. The molecule has 1 aromatic heterocycles. The second-order valence-corrected chi connectivity index (χ2v) is 5.97. The summed E-state index contributed by atoms with van der Waals surface area (Å²) < 4.78 is 0. The van der Waals surface area contributed by atoms with Crippen LogP contribution in [0.4, 0.5) is 0 Å². The van der Waals surface area contributed by atoms with E-state index in [0.717, 1.165) is 16.3 Å². The van der Waals surface area contributed by atoms with E-state index in [1.54, 1.807) is 11.8 Å². The highest BCUT2D eigenvalue weighted by Gasteiger charge is 2.10. The lowest BCUT2D eigenvalue weighted by Gasteiger charge is -2.12. The van der Waals surface area contributed by atoms with Crippen LogP contribution in [0.5, 0.6) is 0 Å². The molecule has 0 fully saturated rings. The minimum absolute atomic E-state index is 0.534. The van der Waals surface area contributed by atoms with Crippen LogP contribution in [0.25, 0.3) is 0 Å². The zero-order valence-corrected chi connectivity index (χ0v) is 12.8. The second-order valence-electron chi connectivity index (χ2n) is 4.94. The van der Waals surface area contributed by atoms with Crippen LogP contribution in [0.1, 0.15) is 27.9 Å². The lowest BCUT2D eigenvalue weighted by molar-refractivity contribution is 0.922. The molecular weight excluding hydrogens is 252 g/mol. The van der Waals surface area contributed by atoms with Crippen molar-refractivity contribution in [2.75, 3.05) is 0 Å². The van der Waals surface area contributed by atoms with Gasteiger partial charge < -0.3 is 5.73 Å². The summed E-state index contributed by atoms with van der Waals surface area (Å²) in [6.07, 6.45) is 0. The molecule has 1 aromatic carbocycles. The SMILES string of the molecule is Cc1ccc(Sc2nc(C)cc(C)c2CN)c(C)c1. The maximum Gasteiger partial charge on any atom is 0.106 e. The Morgan fingerprint density at radius 1 is 1.05 bits per heavy atom. The molecule has 0 aliphatic rings. The van der Waals surface area contributed by atoms with Gasteiger partial charge in [0.25, 0.3) is 0 Å². The first-order valence-electron chi connectivity index (χ1n) is 6.43. The van der Waals surface area contributed by atoms with Crippen molar-refractivity contribution in [3.05, 3.63) is 52.2 Å². The summed E-state index contributed by atoms with van der Waals surface area (Å²) in [6.45, 7) is 8.91. The molecule has 2 rings (SSSR count). The Morgan fingerprint density at radius 2 is 1.79 bits per heavy atom. The molecule has 0 aliphatic carbocycles. The monoisotopic (exact) mass is 272 g/mol. The number of nitrogens with two attached hydrogens (primary N) is 1. The zero-order chi connectivity index (χ0) is 14.0. The average Bonchev–Trinajstić information content (AvgIpc) is 2.32. The standard InChI is InChI=1S/C16H20N2S/c1-10-5-6-15(12(3)7-10)19-16-14(9-17)11(2)8-13(4)18-16/h5-8H,9,17H2,1-4H3. The normalized spacial score (nSPS) is 10.8. The number of aromatic nitrogens is 1. The third-order valence-electron chi connectivity index (χ3n) is 3.18. The van der Waals surface area contributed by atoms with Crippen molar-refractivity contribution >= 4 is 11.8 Å². The fourth-order valence-corrected chi connectivity index (χ4v) is 3.30. The molecule has 0 amide bonds. The molecule has 0 atom stereocenters. The summed E-state index contributed by atoms with van der Waals surface area (Å²) in [5.74, 6) is 0. The molecule has 2 nitrogen and oxygen atoms in total. The summed E-state index contributed by atoms with van der Waals surface area (Å²) in [6, 6.07) is 8.59. The average molecular weight is 272 g/mol. The van der Waals surface area contributed by atoms with Crippen molar-refractivity contribution < 1.29 is 0 Å². The van der Waals surface area contributed by atoms with E-state index in [0.29, 0.717) is 6.54 Å². The van der Waals surface area contributed by atoms with E-state index in [2.05, 4.69) is 50.0 Å². The Balaban J connectivity index is 2.42. The van der Waals surface area contributed by atoms with Gasteiger partial charge in [-0.15, -0.1) is 0 Å². The maximum atomic E-state index is 5.86. The Bertz CT molecular complexity index is 606. The summed E-state index contributed by atoms with van der Waals surface area (Å²) in [4.78, 5) is 5.89. The van der Waals surface area contributed by atoms with E-state index in [1.807, 2.05) is 6.92 Å². The van der Waals surface area contributed by atoms with Crippen molar-refractivity contribution in [1.29, 1.82) is 0 Å². The molecule has 0 spiro atoms. The van der Waals surface area contributed by atoms with Gasteiger partial charge in [0, 0.05) is 22.7 Å². The maximum absolute atomic E-state index is 5.86. The minimum atomic E-state index is 0.534. The molecule has 0 bridgehead atoms. The minimum Gasteiger partial charge on any atom is -0.326 e. The molecule has 1 heterocycles. The molecule has 0 radical (unpaired) electrons. The number of pyridine rings is 1. The quantitative estimate of drug-likeness (QED) is 0.920. The highest BCUT2D eigenvalue weighted by atomic mass is 32.2. The van der Waals surface area contributed by atoms with Gasteiger partial charge in [-0.1, -0.05) is 29.5 Å². The van der Waals surface area contributed by atoms with E-state index >= 15 is 0 Å². The van der Waals surface area contributed by atoms with Gasteiger partial charge in [-0.05, 0) is 51.0 Å². The summed E-state index contributed by atoms with van der Waals surface area (Å²) in [5, 5.41) is 1.03. The van der Waals surface area contributed by atoms with Crippen molar-refractivity contribution in [2.24, 2.45) is 5.73 Å². The zero-order valence-electron chi connectivity index (χ0n) is 11.9. The second kappa shape index (κ2) is 5.76. The van der Waals surface area contributed by atoms with Crippen molar-refractivity contribution in [2.45, 2.75) is 44.2 Å². The first-order chi connectivity index (χ1) is 9.01. The van der Waals surface area contributed by atoms with Crippen LogP contribution < -0.4 is 5.73 Å². The third-order valence-corrected chi connectivity index (χ3v) is 4.39. The Labute approximate surface area is 119 Å². The first-order valence-corrected chi connectivity index (χ1v) is 7.25. The van der Waals surface area contributed by atoms with E-state index in [1.165, 1.54) is 21.6 Å². The highest BCUT2D eigenvalue weighted by Crippen LogP contribution is 2.33. The fourth-order valence-electron chi connectivity index (χ4n) is 2.18. The van der Waals surface area contributed by atoms with Crippen LogP contribution in [0.15, 0.2) is 34.2 Å².